The lowest BCUT2D eigenvalue weighted by Gasteiger charge is -2.38. The standard InChI is InChI=1S/C29H31N5O3/c1-33-17-24(16-30-33)21-7-8-26-28(13-21)36-12-10-23-18-34(11-9-22(23)14-29(35)31-26)19-25-15-27(32-37-25)20-5-3-2-4-6-20/h2-8,13,15-17,22-23H,9-12,14,18-19H2,1H3,(H,31,35)/t22-,23-/m0/s1. The van der Waals surface area contributed by atoms with Crippen molar-refractivity contribution in [3.05, 3.63) is 72.8 Å². The molecule has 1 N–H and O–H groups in total. The molecule has 0 saturated carbocycles. The molecule has 1 fully saturated rings. The fourth-order valence-electron chi connectivity index (χ4n) is 5.50. The van der Waals surface area contributed by atoms with Gasteiger partial charge in [0.05, 0.1) is 25.0 Å². The molecule has 37 heavy (non-hydrogen) atoms. The Labute approximate surface area is 216 Å². The molecule has 0 aliphatic carbocycles. The van der Waals surface area contributed by atoms with Gasteiger partial charge < -0.3 is 14.6 Å². The van der Waals surface area contributed by atoms with Gasteiger partial charge in [-0.05, 0) is 48.9 Å². The second-order valence-corrected chi connectivity index (χ2v) is 10.1. The molecule has 2 aromatic carbocycles. The second-order valence-electron chi connectivity index (χ2n) is 10.1. The lowest BCUT2D eigenvalue weighted by atomic mass is 9.81. The third-order valence-electron chi connectivity index (χ3n) is 7.47. The maximum absolute atomic E-state index is 13.0. The fourth-order valence-corrected chi connectivity index (χ4v) is 5.50. The van der Waals surface area contributed by atoms with E-state index in [9.17, 15) is 4.79 Å². The van der Waals surface area contributed by atoms with Crippen molar-refractivity contribution in [2.24, 2.45) is 18.9 Å². The Bertz CT molecular complexity index is 1380. The molecule has 4 aromatic rings. The predicted octanol–water partition coefficient (Wildman–Crippen LogP) is 4.99. The van der Waals surface area contributed by atoms with Gasteiger partial charge in [-0.25, -0.2) is 0 Å². The largest absolute Gasteiger partial charge is 0.491 e. The number of nitrogens with one attached hydrogen (secondary N) is 1. The summed E-state index contributed by atoms with van der Waals surface area (Å²) in [5, 5.41) is 11.6. The van der Waals surface area contributed by atoms with Crippen LogP contribution in [-0.2, 0) is 18.4 Å². The van der Waals surface area contributed by atoms with Crippen LogP contribution in [0.4, 0.5) is 5.69 Å². The van der Waals surface area contributed by atoms with Crippen LogP contribution in [0.25, 0.3) is 22.4 Å². The van der Waals surface area contributed by atoms with E-state index in [1.54, 1.807) is 4.68 Å². The van der Waals surface area contributed by atoms with Gasteiger partial charge in [0.1, 0.15) is 11.4 Å². The smallest absolute Gasteiger partial charge is 0.224 e. The van der Waals surface area contributed by atoms with Crippen molar-refractivity contribution in [2.45, 2.75) is 25.8 Å². The zero-order valence-corrected chi connectivity index (χ0v) is 21.0. The van der Waals surface area contributed by atoms with Crippen molar-refractivity contribution < 1.29 is 14.1 Å². The molecule has 2 aliphatic rings. The lowest BCUT2D eigenvalue weighted by Crippen LogP contribution is -2.42. The van der Waals surface area contributed by atoms with E-state index in [1.807, 2.05) is 74.0 Å². The predicted molar refractivity (Wildman–Crippen MR) is 141 cm³/mol. The summed E-state index contributed by atoms with van der Waals surface area (Å²) in [4.78, 5) is 15.4. The minimum absolute atomic E-state index is 0.0482. The highest BCUT2D eigenvalue weighted by molar-refractivity contribution is 5.93. The van der Waals surface area contributed by atoms with Gasteiger partial charge in [0.2, 0.25) is 5.91 Å². The average Bonchev–Trinajstić information content (AvgIpc) is 3.56. The molecule has 8 heteroatoms. The molecule has 1 saturated heterocycles. The van der Waals surface area contributed by atoms with Crippen LogP contribution in [0.2, 0.25) is 0 Å². The van der Waals surface area contributed by atoms with E-state index in [0.717, 1.165) is 59.8 Å². The van der Waals surface area contributed by atoms with Crippen LogP contribution in [0.15, 0.2) is 71.5 Å². The number of anilines is 1. The van der Waals surface area contributed by atoms with Crippen molar-refractivity contribution in [2.75, 3.05) is 25.0 Å². The monoisotopic (exact) mass is 497 g/mol. The number of rotatable bonds is 4. The summed E-state index contributed by atoms with van der Waals surface area (Å²) < 4.78 is 13.7. The Hall–Kier alpha value is -3.91. The van der Waals surface area contributed by atoms with Crippen molar-refractivity contribution in [3.8, 4) is 28.1 Å². The topological polar surface area (TPSA) is 85.4 Å². The highest BCUT2D eigenvalue weighted by atomic mass is 16.5. The van der Waals surface area contributed by atoms with E-state index in [2.05, 4.69) is 20.5 Å². The summed E-state index contributed by atoms with van der Waals surface area (Å²) in [6.45, 7) is 3.16. The molecule has 4 heterocycles. The molecule has 0 unspecified atom stereocenters. The number of benzene rings is 2. The minimum Gasteiger partial charge on any atom is -0.491 e. The molecule has 190 valence electrons. The van der Waals surface area contributed by atoms with Crippen LogP contribution >= 0.6 is 0 Å². The quantitative estimate of drug-likeness (QED) is 0.428. The van der Waals surface area contributed by atoms with Crippen LogP contribution in [-0.4, -0.2) is 45.4 Å². The SMILES string of the molecule is Cn1cc(-c2ccc3c(c2)OCC[C@H]2CN(Cc4cc(-c5ccccc5)no4)CC[C@H]2CC(=O)N3)cn1. The first-order valence-corrected chi connectivity index (χ1v) is 12.9. The molecule has 1 amide bonds. The number of likely N-dealkylation sites (tertiary alicyclic amines) is 1. The summed E-state index contributed by atoms with van der Waals surface area (Å²) in [6.07, 6.45) is 6.21. The molecule has 2 aromatic heterocycles. The summed E-state index contributed by atoms with van der Waals surface area (Å²) >= 11 is 0. The van der Waals surface area contributed by atoms with E-state index < -0.39 is 0 Å². The van der Waals surface area contributed by atoms with Gasteiger partial charge in [0.15, 0.2) is 5.76 Å². The van der Waals surface area contributed by atoms with Crippen molar-refractivity contribution in [1.82, 2.24) is 19.8 Å². The number of hydrogen-bond donors (Lipinski definition) is 1. The molecule has 6 rings (SSSR count). The number of ether oxygens (including phenoxy) is 1. The van der Waals surface area contributed by atoms with Crippen molar-refractivity contribution >= 4 is 11.6 Å². The fraction of sp³-hybridized carbons (Fsp3) is 0.345. The summed E-state index contributed by atoms with van der Waals surface area (Å²) in [5.41, 5.74) is 4.68. The first-order valence-electron chi connectivity index (χ1n) is 12.9. The first-order chi connectivity index (χ1) is 18.1. The number of hydrogen-bond acceptors (Lipinski definition) is 6. The molecular formula is C29H31N5O3. The Morgan fingerprint density at radius 3 is 2.76 bits per heavy atom. The number of carbonyl (C=O) groups excluding carboxylic acids is 1. The highest BCUT2D eigenvalue weighted by Gasteiger charge is 2.32. The Morgan fingerprint density at radius 1 is 1.03 bits per heavy atom. The van der Waals surface area contributed by atoms with Crippen LogP contribution < -0.4 is 10.1 Å². The molecule has 8 nitrogen and oxygen atoms in total. The van der Waals surface area contributed by atoms with Gasteiger partial charge in [-0.3, -0.25) is 14.4 Å². The van der Waals surface area contributed by atoms with E-state index >= 15 is 0 Å². The highest BCUT2D eigenvalue weighted by Crippen LogP contribution is 2.35. The van der Waals surface area contributed by atoms with Gasteiger partial charge in [0.25, 0.3) is 0 Å². The molecule has 2 aliphatic heterocycles. The Balaban J connectivity index is 1.13. The van der Waals surface area contributed by atoms with Crippen LogP contribution in [0.1, 0.15) is 25.0 Å². The molecule has 0 radical (unpaired) electrons. The van der Waals surface area contributed by atoms with Crippen LogP contribution in [0.5, 0.6) is 5.75 Å². The molecule has 0 bridgehead atoms. The number of fused-ring (bicyclic) bond motifs is 2. The number of aryl methyl sites for hydroxylation is 1. The number of carbonyl (C=O) groups is 1. The number of aromatic nitrogens is 3. The minimum atomic E-state index is 0.0482. The van der Waals surface area contributed by atoms with Crippen molar-refractivity contribution in [3.63, 3.8) is 0 Å². The maximum Gasteiger partial charge on any atom is 0.224 e. The Morgan fingerprint density at radius 2 is 1.92 bits per heavy atom. The maximum atomic E-state index is 13.0. The Kier molecular flexibility index (Phi) is 6.49. The zero-order chi connectivity index (χ0) is 25.2. The lowest BCUT2D eigenvalue weighted by molar-refractivity contribution is -0.118. The van der Waals surface area contributed by atoms with Crippen LogP contribution in [0.3, 0.4) is 0 Å². The number of piperidine rings is 1. The summed E-state index contributed by atoms with van der Waals surface area (Å²) in [6, 6.07) is 18.0. The van der Waals surface area contributed by atoms with Crippen molar-refractivity contribution in [1.29, 1.82) is 0 Å². The summed E-state index contributed by atoms with van der Waals surface area (Å²) in [5.74, 6) is 2.33. The van der Waals surface area contributed by atoms with Gasteiger partial charge in [-0.1, -0.05) is 41.6 Å². The normalized spacial score (nSPS) is 20.4. The van der Waals surface area contributed by atoms with E-state index in [-0.39, 0.29) is 5.91 Å². The summed E-state index contributed by atoms with van der Waals surface area (Å²) in [7, 11) is 1.90. The second kappa shape index (κ2) is 10.2. The van der Waals surface area contributed by atoms with E-state index in [0.29, 0.717) is 37.2 Å². The van der Waals surface area contributed by atoms with E-state index in [1.165, 1.54) is 0 Å². The van der Waals surface area contributed by atoms with E-state index in [4.69, 9.17) is 9.26 Å². The van der Waals surface area contributed by atoms with Gasteiger partial charge in [-0.2, -0.15) is 5.10 Å². The molecular weight excluding hydrogens is 466 g/mol. The first kappa shape index (κ1) is 23.5. The number of amides is 1. The average molecular weight is 498 g/mol. The third-order valence-corrected chi connectivity index (χ3v) is 7.47. The van der Waals surface area contributed by atoms with Crippen LogP contribution in [0, 0.1) is 11.8 Å². The molecule has 2 atom stereocenters. The van der Waals surface area contributed by atoms with Gasteiger partial charge in [-0.15, -0.1) is 0 Å². The third kappa shape index (κ3) is 5.29. The molecule has 0 spiro atoms. The van der Waals surface area contributed by atoms with Gasteiger partial charge in [0, 0.05) is 43.4 Å². The number of nitrogens with zero attached hydrogens (tertiary/aromatic N) is 4. The zero-order valence-electron chi connectivity index (χ0n) is 21.0. The van der Waals surface area contributed by atoms with Gasteiger partial charge >= 0.3 is 0 Å².